The lowest BCUT2D eigenvalue weighted by atomic mass is 9.95. The minimum Gasteiger partial charge on any atom is -0.481 e. The Morgan fingerprint density at radius 2 is 2.47 bits per heavy atom. The molecule has 0 aromatic carbocycles. The van der Waals surface area contributed by atoms with E-state index in [4.69, 9.17) is 5.11 Å². The Bertz CT molecular complexity index is 419. The molecule has 5 heteroatoms. The molecule has 2 heterocycles. The number of piperidine rings is 1. The van der Waals surface area contributed by atoms with Gasteiger partial charge < -0.3 is 10.0 Å². The van der Waals surface area contributed by atoms with E-state index in [2.05, 4.69) is 16.8 Å². The lowest BCUT2D eigenvalue weighted by Gasteiger charge is -2.31. The lowest BCUT2D eigenvalue weighted by molar-refractivity contribution is -0.136. The highest BCUT2D eigenvalue weighted by Crippen LogP contribution is 2.22. The van der Waals surface area contributed by atoms with E-state index in [1.807, 2.05) is 5.38 Å². The molecule has 1 aliphatic rings. The molecule has 4 nitrogen and oxygen atoms in total. The monoisotopic (exact) mass is 282 g/mol. The third-order valence-corrected chi connectivity index (χ3v) is 4.63. The maximum absolute atomic E-state index is 10.5. The molecule has 1 saturated heterocycles. The maximum Gasteiger partial charge on any atom is 0.303 e. The summed E-state index contributed by atoms with van der Waals surface area (Å²) in [5.41, 5.74) is 0.936. The van der Waals surface area contributed by atoms with Crippen LogP contribution in [0.25, 0.3) is 0 Å². The summed E-state index contributed by atoms with van der Waals surface area (Å²) in [6.07, 6.45) is 4.36. The minimum atomic E-state index is -0.750. The van der Waals surface area contributed by atoms with Crippen LogP contribution in [0.3, 0.4) is 0 Å². The number of carboxylic acids is 1. The quantitative estimate of drug-likeness (QED) is 0.870. The highest BCUT2D eigenvalue weighted by Gasteiger charge is 2.20. The fraction of sp³-hybridized carbons (Fsp3) is 0.714. The normalized spacial score (nSPS) is 20.6. The van der Waals surface area contributed by atoms with Crippen LogP contribution in [0.4, 0.5) is 0 Å². The van der Waals surface area contributed by atoms with E-state index in [1.165, 1.54) is 30.9 Å². The van der Waals surface area contributed by atoms with Crippen molar-refractivity contribution in [1.82, 2.24) is 9.88 Å². The second kappa shape index (κ2) is 7.01. The molecule has 1 N–H and O–H groups in total. The van der Waals surface area contributed by atoms with Crippen molar-refractivity contribution in [1.29, 1.82) is 0 Å². The van der Waals surface area contributed by atoms with E-state index in [0.717, 1.165) is 18.7 Å². The van der Waals surface area contributed by atoms with E-state index in [9.17, 15) is 4.79 Å². The molecule has 1 aromatic heterocycles. The Morgan fingerprint density at radius 3 is 3.21 bits per heavy atom. The number of rotatable bonds is 6. The molecule has 1 aliphatic heterocycles. The largest absolute Gasteiger partial charge is 0.481 e. The number of hydrogen-bond donors (Lipinski definition) is 1. The number of carbonyl (C=O) groups is 1. The zero-order valence-electron chi connectivity index (χ0n) is 11.5. The third kappa shape index (κ3) is 4.58. The molecule has 1 unspecified atom stereocenters. The van der Waals surface area contributed by atoms with Gasteiger partial charge in [-0.2, -0.15) is 0 Å². The van der Waals surface area contributed by atoms with Gasteiger partial charge >= 0.3 is 5.97 Å². The van der Waals surface area contributed by atoms with Gasteiger partial charge in [-0.15, -0.1) is 11.3 Å². The summed E-state index contributed by atoms with van der Waals surface area (Å²) >= 11 is 1.68. The molecule has 0 amide bonds. The molecular weight excluding hydrogens is 260 g/mol. The van der Waals surface area contributed by atoms with Gasteiger partial charge in [0.15, 0.2) is 0 Å². The van der Waals surface area contributed by atoms with Crippen molar-refractivity contribution in [2.75, 3.05) is 19.6 Å². The molecule has 0 spiro atoms. The molecule has 1 aromatic rings. The van der Waals surface area contributed by atoms with Crippen LogP contribution in [0.2, 0.25) is 0 Å². The zero-order valence-corrected chi connectivity index (χ0v) is 12.3. The summed E-state index contributed by atoms with van der Waals surface area (Å²) in [5, 5.41) is 11.9. The van der Waals surface area contributed by atoms with Crippen molar-refractivity contribution in [3.8, 4) is 0 Å². The van der Waals surface area contributed by atoms with Crippen LogP contribution in [-0.2, 0) is 17.6 Å². The standard InChI is InChI=1S/C14H22N2O2S/c1-2-16-7-3-4-11(9-16)8-13-15-12(10-19-13)5-6-14(17)18/h10-11H,2-9H2,1H3,(H,17,18). The van der Waals surface area contributed by atoms with Crippen LogP contribution in [0, 0.1) is 5.92 Å². The van der Waals surface area contributed by atoms with Crippen molar-refractivity contribution in [2.24, 2.45) is 5.92 Å². The van der Waals surface area contributed by atoms with Crippen LogP contribution in [0.1, 0.15) is 36.9 Å². The van der Waals surface area contributed by atoms with Gasteiger partial charge in [-0.05, 0) is 31.8 Å². The number of aryl methyl sites for hydroxylation is 1. The summed E-state index contributed by atoms with van der Waals surface area (Å²) in [6, 6.07) is 0. The first-order chi connectivity index (χ1) is 9.17. The molecule has 0 aliphatic carbocycles. The van der Waals surface area contributed by atoms with Gasteiger partial charge in [-0.25, -0.2) is 4.98 Å². The second-order valence-electron chi connectivity index (χ2n) is 5.23. The van der Waals surface area contributed by atoms with Gasteiger partial charge in [-0.1, -0.05) is 6.92 Å². The number of nitrogens with zero attached hydrogens (tertiary/aromatic N) is 2. The van der Waals surface area contributed by atoms with E-state index in [1.54, 1.807) is 11.3 Å². The first kappa shape index (κ1) is 14.5. The number of hydrogen-bond acceptors (Lipinski definition) is 4. The smallest absolute Gasteiger partial charge is 0.303 e. The van der Waals surface area contributed by atoms with Gasteiger partial charge in [0.1, 0.15) is 0 Å². The van der Waals surface area contributed by atoms with Crippen LogP contribution >= 0.6 is 11.3 Å². The van der Waals surface area contributed by atoms with Gasteiger partial charge in [0.05, 0.1) is 17.1 Å². The average Bonchev–Trinajstić information content (AvgIpc) is 2.84. The maximum atomic E-state index is 10.5. The number of carboxylic acid groups (broad SMARTS) is 1. The summed E-state index contributed by atoms with van der Waals surface area (Å²) < 4.78 is 0. The van der Waals surface area contributed by atoms with Gasteiger partial charge in [0, 0.05) is 24.8 Å². The molecule has 1 atom stereocenters. The highest BCUT2D eigenvalue weighted by molar-refractivity contribution is 7.09. The number of aliphatic carboxylic acids is 1. The van der Waals surface area contributed by atoms with Crippen molar-refractivity contribution in [2.45, 2.75) is 39.0 Å². The van der Waals surface area contributed by atoms with Crippen LogP contribution < -0.4 is 0 Å². The molecule has 2 rings (SSSR count). The van der Waals surface area contributed by atoms with Crippen LogP contribution in [0.5, 0.6) is 0 Å². The SMILES string of the molecule is CCN1CCCC(Cc2nc(CCC(=O)O)cs2)C1. The minimum absolute atomic E-state index is 0.177. The topological polar surface area (TPSA) is 53.4 Å². The molecule has 1 fully saturated rings. The second-order valence-corrected chi connectivity index (χ2v) is 6.17. The Hall–Kier alpha value is -0.940. The first-order valence-electron chi connectivity index (χ1n) is 7.04. The summed E-state index contributed by atoms with van der Waals surface area (Å²) in [4.78, 5) is 17.6. The zero-order chi connectivity index (χ0) is 13.7. The van der Waals surface area contributed by atoms with Crippen molar-refractivity contribution < 1.29 is 9.90 Å². The molecule has 19 heavy (non-hydrogen) atoms. The predicted octanol–water partition coefficient (Wildman–Crippen LogP) is 2.43. The summed E-state index contributed by atoms with van der Waals surface area (Å²) in [5.74, 6) is -0.0346. The highest BCUT2D eigenvalue weighted by atomic mass is 32.1. The fourth-order valence-electron chi connectivity index (χ4n) is 2.64. The molecule has 0 saturated carbocycles. The fourth-order valence-corrected chi connectivity index (χ4v) is 3.59. The first-order valence-corrected chi connectivity index (χ1v) is 7.92. The molecule has 0 radical (unpaired) electrons. The van der Waals surface area contributed by atoms with Crippen LogP contribution in [0.15, 0.2) is 5.38 Å². The van der Waals surface area contributed by atoms with Gasteiger partial charge in [0.25, 0.3) is 0 Å². The molecular formula is C14H22N2O2S. The van der Waals surface area contributed by atoms with E-state index < -0.39 is 5.97 Å². The van der Waals surface area contributed by atoms with Gasteiger partial charge in [-0.3, -0.25) is 4.79 Å². The summed E-state index contributed by atoms with van der Waals surface area (Å²) in [7, 11) is 0. The van der Waals surface area contributed by atoms with Crippen LogP contribution in [-0.4, -0.2) is 40.6 Å². The Balaban J connectivity index is 1.83. The Morgan fingerprint density at radius 1 is 1.63 bits per heavy atom. The van der Waals surface area contributed by atoms with Gasteiger partial charge in [0.2, 0.25) is 0 Å². The Kier molecular flexibility index (Phi) is 5.34. The molecule has 0 bridgehead atoms. The predicted molar refractivity (Wildman–Crippen MR) is 76.6 cm³/mol. The Labute approximate surface area is 118 Å². The average molecular weight is 282 g/mol. The third-order valence-electron chi connectivity index (χ3n) is 3.71. The summed E-state index contributed by atoms with van der Waals surface area (Å²) in [6.45, 7) is 5.77. The number of aromatic nitrogens is 1. The van der Waals surface area contributed by atoms with Crippen molar-refractivity contribution in [3.05, 3.63) is 16.1 Å². The van der Waals surface area contributed by atoms with Crippen molar-refractivity contribution in [3.63, 3.8) is 0 Å². The van der Waals surface area contributed by atoms with E-state index >= 15 is 0 Å². The molecule has 106 valence electrons. The lowest BCUT2D eigenvalue weighted by Crippen LogP contribution is -2.35. The van der Waals surface area contributed by atoms with E-state index in [0.29, 0.717) is 12.3 Å². The number of likely N-dealkylation sites (tertiary alicyclic amines) is 1. The van der Waals surface area contributed by atoms with Crippen molar-refractivity contribution >= 4 is 17.3 Å². The van der Waals surface area contributed by atoms with E-state index in [-0.39, 0.29) is 6.42 Å². The number of thiazole rings is 1.